The topological polar surface area (TPSA) is 47.6 Å². The second kappa shape index (κ2) is 6.20. The van der Waals surface area contributed by atoms with Gasteiger partial charge in [0.1, 0.15) is 5.60 Å². The first kappa shape index (κ1) is 15.0. The minimum atomic E-state index is -0.526. The van der Waals surface area contributed by atoms with Gasteiger partial charge in [-0.25, -0.2) is 4.79 Å². The molecule has 1 aromatic carbocycles. The second-order valence-corrected chi connectivity index (χ2v) is 5.73. The van der Waals surface area contributed by atoms with E-state index >= 15 is 0 Å². The Morgan fingerprint density at radius 1 is 1.28 bits per heavy atom. The Kier molecular flexibility index (Phi) is 5.16. The molecule has 0 saturated heterocycles. The van der Waals surface area contributed by atoms with Crippen LogP contribution in [-0.2, 0) is 9.47 Å². The van der Waals surface area contributed by atoms with Crippen molar-refractivity contribution >= 4 is 22.0 Å². The van der Waals surface area contributed by atoms with Crippen LogP contribution in [0.3, 0.4) is 0 Å². The maximum atomic E-state index is 11.6. The largest absolute Gasteiger partial charge is 0.444 e. The van der Waals surface area contributed by atoms with Crippen molar-refractivity contribution in [2.45, 2.75) is 32.6 Å². The molecule has 1 unspecified atom stereocenters. The lowest BCUT2D eigenvalue weighted by Crippen LogP contribution is -2.35. The number of benzene rings is 1. The number of nitrogens with one attached hydrogen (secondary N) is 1. The summed E-state index contributed by atoms with van der Waals surface area (Å²) in [6, 6.07) is 7.52. The summed E-state index contributed by atoms with van der Waals surface area (Å²) in [5.41, 5.74) is 0.328. The van der Waals surface area contributed by atoms with Gasteiger partial charge < -0.3 is 9.47 Å². The fourth-order valence-corrected chi connectivity index (χ4v) is 1.59. The maximum absolute atomic E-state index is 11.6. The summed E-state index contributed by atoms with van der Waals surface area (Å²) in [4.78, 5) is 11.6. The van der Waals surface area contributed by atoms with Crippen LogP contribution in [0.4, 0.5) is 4.79 Å². The Labute approximate surface area is 116 Å². The molecule has 1 atom stereocenters. The molecule has 0 radical (unpaired) electrons. The van der Waals surface area contributed by atoms with Gasteiger partial charge in [-0.2, -0.15) is 0 Å². The number of carbonyl (C=O) groups excluding carboxylic acids is 1. The molecule has 0 bridgehead atoms. The van der Waals surface area contributed by atoms with E-state index in [1.54, 1.807) is 0 Å². The van der Waals surface area contributed by atoms with Crippen molar-refractivity contribution in [1.82, 2.24) is 5.32 Å². The number of amides is 1. The first-order valence-corrected chi connectivity index (χ1v) is 6.39. The molecule has 0 heterocycles. The molecule has 1 N–H and O–H groups in total. The smallest absolute Gasteiger partial charge is 0.409 e. The van der Waals surface area contributed by atoms with Gasteiger partial charge in [0.25, 0.3) is 0 Å². The standard InChI is InChI=1S/C13H18BrNO3/c1-13(2,3)18-12(16)15-11(17-4)9-5-7-10(14)8-6-9/h5-8,11H,1-4H3,(H,15,16). The molecule has 5 heteroatoms. The Morgan fingerprint density at radius 2 is 1.83 bits per heavy atom. The Bertz CT molecular complexity index is 398. The third-order valence-electron chi connectivity index (χ3n) is 2.06. The molecule has 100 valence electrons. The first-order valence-electron chi connectivity index (χ1n) is 5.59. The predicted octanol–water partition coefficient (Wildman–Crippen LogP) is 3.62. The molecule has 0 saturated carbocycles. The van der Waals surface area contributed by atoms with Crippen LogP contribution in [0, 0.1) is 0 Å². The number of rotatable bonds is 3. The highest BCUT2D eigenvalue weighted by molar-refractivity contribution is 9.10. The summed E-state index contributed by atoms with van der Waals surface area (Å²) in [7, 11) is 1.53. The highest BCUT2D eigenvalue weighted by Crippen LogP contribution is 2.18. The van der Waals surface area contributed by atoms with E-state index in [1.807, 2.05) is 45.0 Å². The molecule has 1 amide bonds. The summed E-state index contributed by atoms with van der Waals surface area (Å²) in [5, 5.41) is 2.66. The van der Waals surface area contributed by atoms with Crippen LogP contribution >= 0.6 is 15.9 Å². The molecule has 0 spiro atoms. The van der Waals surface area contributed by atoms with E-state index in [0.717, 1.165) is 10.0 Å². The molecule has 18 heavy (non-hydrogen) atoms. The molecule has 4 nitrogen and oxygen atoms in total. The zero-order valence-electron chi connectivity index (χ0n) is 11.0. The minimum absolute atomic E-state index is 0.503. The van der Waals surface area contributed by atoms with E-state index in [1.165, 1.54) is 7.11 Å². The van der Waals surface area contributed by atoms with Crippen LogP contribution in [0.5, 0.6) is 0 Å². The Morgan fingerprint density at radius 3 is 2.28 bits per heavy atom. The molecule has 0 aromatic heterocycles. The van der Waals surface area contributed by atoms with Crippen LogP contribution in [0.25, 0.3) is 0 Å². The first-order chi connectivity index (χ1) is 8.31. The number of alkyl carbamates (subject to hydrolysis) is 1. The number of halogens is 1. The lowest BCUT2D eigenvalue weighted by Gasteiger charge is -2.23. The molecule has 0 aliphatic carbocycles. The van der Waals surface area contributed by atoms with Gasteiger partial charge >= 0.3 is 6.09 Å². The average Bonchev–Trinajstić information content (AvgIpc) is 2.25. The van der Waals surface area contributed by atoms with Crippen LogP contribution in [-0.4, -0.2) is 18.8 Å². The monoisotopic (exact) mass is 315 g/mol. The Hall–Kier alpha value is -1.07. The van der Waals surface area contributed by atoms with E-state index in [-0.39, 0.29) is 0 Å². The summed E-state index contributed by atoms with van der Waals surface area (Å²) in [5.74, 6) is 0. The predicted molar refractivity (Wildman–Crippen MR) is 73.3 cm³/mol. The summed E-state index contributed by atoms with van der Waals surface area (Å²) in [6.45, 7) is 5.44. The molecule has 0 aliphatic rings. The van der Waals surface area contributed by atoms with E-state index in [0.29, 0.717) is 0 Å². The SMILES string of the molecule is COC(NC(=O)OC(C)(C)C)c1ccc(Br)cc1. The van der Waals surface area contributed by atoms with Gasteiger partial charge in [-0.15, -0.1) is 0 Å². The van der Waals surface area contributed by atoms with Crippen LogP contribution < -0.4 is 5.32 Å². The van der Waals surface area contributed by atoms with Crippen molar-refractivity contribution in [3.63, 3.8) is 0 Å². The fraction of sp³-hybridized carbons (Fsp3) is 0.462. The third kappa shape index (κ3) is 5.06. The van der Waals surface area contributed by atoms with Crippen molar-refractivity contribution in [3.05, 3.63) is 34.3 Å². The van der Waals surface area contributed by atoms with Gasteiger partial charge in [0.05, 0.1) is 0 Å². The average molecular weight is 316 g/mol. The van der Waals surface area contributed by atoms with Crippen molar-refractivity contribution in [2.24, 2.45) is 0 Å². The van der Waals surface area contributed by atoms with Gasteiger partial charge in [-0.1, -0.05) is 28.1 Å². The van der Waals surface area contributed by atoms with Crippen LogP contribution in [0.2, 0.25) is 0 Å². The number of hydrogen-bond donors (Lipinski definition) is 1. The van der Waals surface area contributed by atoms with Crippen molar-refractivity contribution in [1.29, 1.82) is 0 Å². The van der Waals surface area contributed by atoms with Gasteiger partial charge in [-0.3, -0.25) is 5.32 Å². The lowest BCUT2D eigenvalue weighted by atomic mass is 10.2. The third-order valence-corrected chi connectivity index (χ3v) is 2.58. The molecular weight excluding hydrogens is 298 g/mol. The molecule has 0 aliphatic heterocycles. The lowest BCUT2D eigenvalue weighted by molar-refractivity contribution is 0.0231. The maximum Gasteiger partial charge on any atom is 0.409 e. The second-order valence-electron chi connectivity index (χ2n) is 4.81. The zero-order valence-corrected chi connectivity index (χ0v) is 12.6. The summed E-state index contributed by atoms with van der Waals surface area (Å²) < 4.78 is 11.4. The van der Waals surface area contributed by atoms with Gasteiger partial charge in [0.2, 0.25) is 0 Å². The quantitative estimate of drug-likeness (QED) is 0.867. The zero-order chi connectivity index (χ0) is 13.8. The highest BCUT2D eigenvalue weighted by atomic mass is 79.9. The van der Waals surface area contributed by atoms with E-state index in [9.17, 15) is 4.79 Å². The number of methoxy groups -OCH3 is 1. The molecule has 1 rings (SSSR count). The van der Waals surface area contributed by atoms with Crippen molar-refractivity contribution in [3.8, 4) is 0 Å². The fourth-order valence-electron chi connectivity index (χ4n) is 1.33. The van der Waals surface area contributed by atoms with Crippen LogP contribution in [0.15, 0.2) is 28.7 Å². The minimum Gasteiger partial charge on any atom is -0.444 e. The number of hydrogen-bond acceptors (Lipinski definition) is 3. The highest BCUT2D eigenvalue weighted by Gasteiger charge is 2.20. The Balaban J connectivity index is 2.68. The van der Waals surface area contributed by atoms with Gasteiger partial charge in [0, 0.05) is 17.1 Å². The van der Waals surface area contributed by atoms with Crippen molar-refractivity contribution < 1.29 is 14.3 Å². The normalized spacial score (nSPS) is 12.9. The van der Waals surface area contributed by atoms with Crippen molar-refractivity contribution in [2.75, 3.05) is 7.11 Å². The van der Waals surface area contributed by atoms with E-state index in [2.05, 4.69) is 21.2 Å². The summed E-state index contributed by atoms with van der Waals surface area (Å²) in [6.07, 6.45) is -1.02. The van der Waals surface area contributed by atoms with E-state index < -0.39 is 17.9 Å². The molecule has 1 aromatic rings. The number of carbonyl (C=O) groups is 1. The van der Waals surface area contributed by atoms with Crippen LogP contribution in [0.1, 0.15) is 32.6 Å². The van der Waals surface area contributed by atoms with Gasteiger partial charge in [0.15, 0.2) is 6.23 Å². The van der Waals surface area contributed by atoms with E-state index in [4.69, 9.17) is 9.47 Å². The molecular formula is C13H18BrNO3. The molecule has 0 fully saturated rings. The summed E-state index contributed by atoms with van der Waals surface area (Å²) >= 11 is 3.35. The van der Waals surface area contributed by atoms with Gasteiger partial charge in [-0.05, 0) is 32.9 Å². The number of ether oxygens (including phenoxy) is 2.